The van der Waals surface area contributed by atoms with Crippen LogP contribution in [-0.2, 0) is 11.8 Å². The van der Waals surface area contributed by atoms with E-state index in [2.05, 4.69) is 35.7 Å². The van der Waals surface area contributed by atoms with Crippen molar-refractivity contribution in [1.82, 2.24) is 29.7 Å². The lowest BCUT2D eigenvalue weighted by molar-refractivity contribution is -0.115. The zero-order chi connectivity index (χ0) is 18.6. The van der Waals surface area contributed by atoms with E-state index in [9.17, 15) is 4.79 Å². The van der Waals surface area contributed by atoms with Gasteiger partial charge in [0.1, 0.15) is 5.82 Å². The summed E-state index contributed by atoms with van der Waals surface area (Å²) >= 11 is 1.39. The molecular weight excluding hydrogens is 364 g/mol. The van der Waals surface area contributed by atoms with Crippen LogP contribution >= 0.6 is 11.3 Å². The van der Waals surface area contributed by atoms with Crippen molar-refractivity contribution in [3.05, 3.63) is 42.3 Å². The van der Waals surface area contributed by atoms with E-state index < -0.39 is 0 Å². The van der Waals surface area contributed by atoms with Crippen molar-refractivity contribution in [3.8, 4) is 11.4 Å². The second-order valence-corrected chi connectivity index (χ2v) is 6.59. The highest BCUT2D eigenvalue weighted by Crippen LogP contribution is 2.24. The van der Waals surface area contributed by atoms with Gasteiger partial charge in [0.2, 0.25) is 5.91 Å². The molecule has 4 aromatic rings. The third kappa shape index (κ3) is 3.75. The lowest BCUT2D eigenvalue weighted by Crippen LogP contribution is -2.16. The number of nitrogens with one attached hydrogen (secondary N) is 2. The minimum absolute atomic E-state index is 0.108. The predicted molar refractivity (Wildman–Crippen MR) is 103 cm³/mol. The van der Waals surface area contributed by atoms with E-state index in [1.54, 1.807) is 29.5 Å². The minimum atomic E-state index is -0.108. The summed E-state index contributed by atoms with van der Waals surface area (Å²) in [6.07, 6.45) is 7.04. The number of amides is 1. The molecule has 0 fully saturated rings. The van der Waals surface area contributed by atoms with Gasteiger partial charge in [-0.25, -0.2) is 15.0 Å². The number of carbonyl (C=O) groups excluding carboxylic acids is 1. The summed E-state index contributed by atoms with van der Waals surface area (Å²) in [5.41, 5.74) is 1.57. The van der Waals surface area contributed by atoms with Crippen LogP contribution in [0.5, 0.6) is 0 Å². The molecule has 0 atom stereocenters. The lowest BCUT2D eigenvalue weighted by atomic mass is 10.2. The van der Waals surface area contributed by atoms with Gasteiger partial charge in [-0.1, -0.05) is 0 Å². The molecule has 4 heterocycles. The van der Waals surface area contributed by atoms with Crippen molar-refractivity contribution >= 4 is 39.2 Å². The molecular formula is C17H16N8OS. The molecule has 9 nitrogen and oxygen atoms in total. The second kappa shape index (κ2) is 7.46. The smallest absolute Gasteiger partial charge is 0.227 e. The highest BCUT2D eigenvalue weighted by molar-refractivity contribution is 7.13. The van der Waals surface area contributed by atoms with Crippen LogP contribution in [0.25, 0.3) is 22.4 Å². The quantitative estimate of drug-likeness (QED) is 0.528. The van der Waals surface area contributed by atoms with E-state index >= 15 is 0 Å². The number of anilines is 2. The summed E-state index contributed by atoms with van der Waals surface area (Å²) in [5, 5.41) is 13.5. The van der Waals surface area contributed by atoms with Crippen molar-refractivity contribution in [2.24, 2.45) is 7.05 Å². The molecule has 0 unspecified atom stereocenters. The maximum Gasteiger partial charge on any atom is 0.227 e. The number of nitrogens with zero attached hydrogens (tertiary/aromatic N) is 6. The fourth-order valence-corrected chi connectivity index (χ4v) is 3.09. The van der Waals surface area contributed by atoms with Crippen LogP contribution in [0.4, 0.5) is 10.9 Å². The summed E-state index contributed by atoms with van der Waals surface area (Å²) in [4.78, 5) is 29.3. The number of aryl methyl sites for hydroxylation is 1. The number of hydrogen-bond donors (Lipinski definition) is 2. The molecule has 0 radical (unpaired) electrons. The monoisotopic (exact) mass is 380 g/mol. The second-order valence-electron chi connectivity index (χ2n) is 5.70. The largest absolute Gasteiger partial charge is 0.369 e. The Hall–Kier alpha value is -3.40. The molecule has 1 amide bonds. The molecule has 0 aromatic carbocycles. The predicted octanol–water partition coefficient (Wildman–Crippen LogP) is 2.32. The molecule has 136 valence electrons. The molecule has 4 aromatic heterocycles. The summed E-state index contributed by atoms with van der Waals surface area (Å²) in [6.45, 7) is 0.425. The van der Waals surface area contributed by atoms with Crippen molar-refractivity contribution < 1.29 is 4.79 Å². The summed E-state index contributed by atoms with van der Waals surface area (Å²) in [7, 11) is 1.83. The number of aromatic nitrogens is 6. The van der Waals surface area contributed by atoms with E-state index in [-0.39, 0.29) is 12.3 Å². The molecule has 0 aliphatic carbocycles. The van der Waals surface area contributed by atoms with Crippen molar-refractivity contribution in [3.63, 3.8) is 0 Å². The summed E-state index contributed by atoms with van der Waals surface area (Å²) < 4.78 is 1.70. The fraction of sp³-hybridized carbons (Fsp3) is 0.176. The van der Waals surface area contributed by atoms with Gasteiger partial charge >= 0.3 is 0 Å². The third-order valence-electron chi connectivity index (χ3n) is 3.85. The first kappa shape index (κ1) is 17.0. The van der Waals surface area contributed by atoms with Gasteiger partial charge in [-0.15, -0.1) is 11.3 Å². The van der Waals surface area contributed by atoms with E-state index in [0.717, 1.165) is 10.9 Å². The zero-order valence-corrected chi connectivity index (χ0v) is 15.3. The Labute approximate surface area is 158 Å². The Morgan fingerprint density at radius 2 is 2.07 bits per heavy atom. The van der Waals surface area contributed by atoms with E-state index in [1.807, 2.05) is 24.6 Å². The summed E-state index contributed by atoms with van der Waals surface area (Å²) in [5.74, 6) is 1.11. The van der Waals surface area contributed by atoms with Crippen LogP contribution in [0.15, 0.2) is 42.3 Å². The van der Waals surface area contributed by atoms with Crippen LogP contribution in [0.3, 0.4) is 0 Å². The molecule has 0 aliphatic heterocycles. The number of thiazole rings is 1. The minimum Gasteiger partial charge on any atom is -0.369 e. The van der Waals surface area contributed by atoms with Gasteiger partial charge in [-0.3, -0.25) is 14.5 Å². The topological polar surface area (TPSA) is 111 Å². The van der Waals surface area contributed by atoms with Crippen LogP contribution in [0, 0.1) is 0 Å². The van der Waals surface area contributed by atoms with E-state index in [4.69, 9.17) is 0 Å². The van der Waals surface area contributed by atoms with Gasteiger partial charge < -0.3 is 10.6 Å². The highest BCUT2D eigenvalue weighted by atomic mass is 32.1. The standard InChI is InChI=1S/C17H16N8OS/c1-25-16-12(10-21-25)15(23-14(24-16)11-2-5-18-6-3-11)19-7-4-13(26)22-17-20-8-9-27-17/h2-3,5-6,8-10H,4,7H2,1H3,(H,19,23,24)(H,20,22,26). The van der Waals surface area contributed by atoms with Crippen molar-refractivity contribution in [2.75, 3.05) is 17.2 Å². The lowest BCUT2D eigenvalue weighted by Gasteiger charge is -2.09. The molecule has 27 heavy (non-hydrogen) atoms. The Bertz CT molecular complexity index is 1060. The third-order valence-corrected chi connectivity index (χ3v) is 4.54. The average Bonchev–Trinajstić information content (AvgIpc) is 3.32. The van der Waals surface area contributed by atoms with Crippen LogP contribution in [-0.4, -0.2) is 42.2 Å². The van der Waals surface area contributed by atoms with Gasteiger partial charge in [0, 0.05) is 49.5 Å². The van der Waals surface area contributed by atoms with Gasteiger partial charge in [-0.05, 0) is 12.1 Å². The Morgan fingerprint density at radius 1 is 1.22 bits per heavy atom. The Kier molecular flexibility index (Phi) is 4.71. The molecule has 0 saturated carbocycles. The molecule has 10 heteroatoms. The number of carbonyl (C=O) groups is 1. The molecule has 4 rings (SSSR count). The van der Waals surface area contributed by atoms with Crippen LogP contribution < -0.4 is 10.6 Å². The van der Waals surface area contributed by atoms with Gasteiger partial charge in [0.05, 0.1) is 11.6 Å². The van der Waals surface area contributed by atoms with Gasteiger partial charge in [0.15, 0.2) is 16.6 Å². The Balaban J connectivity index is 1.53. The van der Waals surface area contributed by atoms with Crippen LogP contribution in [0.2, 0.25) is 0 Å². The maximum atomic E-state index is 12.0. The van der Waals surface area contributed by atoms with E-state index in [0.29, 0.717) is 29.0 Å². The first-order valence-electron chi connectivity index (χ1n) is 8.24. The summed E-state index contributed by atoms with van der Waals surface area (Å²) in [6, 6.07) is 3.70. The number of hydrogen-bond acceptors (Lipinski definition) is 8. The van der Waals surface area contributed by atoms with Gasteiger partial charge in [-0.2, -0.15) is 5.10 Å². The zero-order valence-electron chi connectivity index (χ0n) is 14.5. The molecule has 0 spiro atoms. The average molecular weight is 380 g/mol. The van der Waals surface area contributed by atoms with E-state index in [1.165, 1.54) is 11.3 Å². The normalized spacial score (nSPS) is 10.9. The van der Waals surface area contributed by atoms with Crippen molar-refractivity contribution in [2.45, 2.75) is 6.42 Å². The number of pyridine rings is 1. The fourth-order valence-electron chi connectivity index (χ4n) is 2.55. The van der Waals surface area contributed by atoms with Crippen LogP contribution in [0.1, 0.15) is 6.42 Å². The first-order chi connectivity index (χ1) is 13.2. The van der Waals surface area contributed by atoms with Gasteiger partial charge in [0.25, 0.3) is 0 Å². The first-order valence-corrected chi connectivity index (χ1v) is 9.12. The number of fused-ring (bicyclic) bond motifs is 1. The molecule has 0 saturated heterocycles. The Morgan fingerprint density at radius 3 is 2.85 bits per heavy atom. The van der Waals surface area contributed by atoms with Crippen molar-refractivity contribution in [1.29, 1.82) is 0 Å². The molecule has 0 bridgehead atoms. The molecule has 0 aliphatic rings. The maximum absolute atomic E-state index is 12.0. The molecule has 2 N–H and O–H groups in total. The highest BCUT2D eigenvalue weighted by Gasteiger charge is 2.13. The SMILES string of the molecule is Cn1ncc2c(NCCC(=O)Nc3nccs3)nc(-c3ccncc3)nc21. The number of rotatable bonds is 6.